The summed E-state index contributed by atoms with van der Waals surface area (Å²) in [5.74, 6) is 1.92. The number of hydrogen-bond acceptors (Lipinski definition) is 3. The molecule has 0 aliphatic rings. The van der Waals surface area contributed by atoms with Crippen molar-refractivity contribution in [1.29, 1.82) is 0 Å². The van der Waals surface area contributed by atoms with Crippen molar-refractivity contribution in [3.05, 3.63) is 44.7 Å². The number of rotatable bonds is 2. The number of ether oxygens (including phenoxy) is 1. The van der Waals surface area contributed by atoms with E-state index in [0.29, 0.717) is 16.3 Å². The lowest BCUT2D eigenvalue weighted by Crippen LogP contribution is -1.94. The van der Waals surface area contributed by atoms with E-state index >= 15 is 0 Å². The first kappa shape index (κ1) is 12.5. The molecule has 0 bridgehead atoms. The molecule has 0 unspecified atom stereocenters. The molecule has 0 aliphatic carbocycles. The fraction of sp³-hybridized carbons (Fsp3) is 0.167. The van der Waals surface area contributed by atoms with Crippen molar-refractivity contribution in [3.8, 4) is 11.6 Å². The van der Waals surface area contributed by atoms with Crippen LogP contribution in [0.1, 0.15) is 11.4 Å². The molecule has 1 aromatic heterocycles. The van der Waals surface area contributed by atoms with E-state index in [2.05, 4.69) is 41.8 Å². The quantitative estimate of drug-likeness (QED) is 0.746. The van der Waals surface area contributed by atoms with Crippen molar-refractivity contribution in [3.63, 3.8) is 0 Å². The van der Waals surface area contributed by atoms with Crippen molar-refractivity contribution < 1.29 is 4.74 Å². The van der Waals surface area contributed by atoms with E-state index < -0.39 is 0 Å². The average molecular weight is 358 g/mol. The summed E-state index contributed by atoms with van der Waals surface area (Å²) in [5.41, 5.74) is 1.17. The number of hydrogen-bond donors (Lipinski definition) is 0. The second-order valence-electron chi connectivity index (χ2n) is 3.61. The molecule has 0 saturated heterocycles. The third kappa shape index (κ3) is 3.26. The molecule has 2 aromatic rings. The van der Waals surface area contributed by atoms with Gasteiger partial charge in [-0.05, 0) is 63.4 Å². The van der Waals surface area contributed by atoms with E-state index in [0.717, 1.165) is 10.2 Å². The molecular formula is C12H10Br2N2O. The van der Waals surface area contributed by atoms with E-state index in [-0.39, 0.29) is 0 Å². The fourth-order valence-corrected chi connectivity index (χ4v) is 2.39. The van der Waals surface area contributed by atoms with Gasteiger partial charge in [0, 0.05) is 6.07 Å². The minimum absolute atomic E-state index is 0.522. The smallest absolute Gasteiger partial charge is 0.223 e. The van der Waals surface area contributed by atoms with Crippen LogP contribution in [0.25, 0.3) is 0 Å². The van der Waals surface area contributed by atoms with Crippen molar-refractivity contribution in [2.75, 3.05) is 0 Å². The summed E-state index contributed by atoms with van der Waals surface area (Å²) in [4.78, 5) is 8.33. The van der Waals surface area contributed by atoms with Gasteiger partial charge in [0.1, 0.15) is 16.2 Å². The summed E-state index contributed by atoms with van der Waals surface area (Å²) < 4.78 is 7.32. The van der Waals surface area contributed by atoms with Gasteiger partial charge in [-0.1, -0.05) is 6.07 Å². The van der Waals surface area contributed by atoms with Crippen LogP contribution in [0.15, 0.2) is 33.3 Å². The van der Waals surface area contributed by atoms with Gasteiger partial charge in [0.25, 0.3) is 0 Å². The SMILES string of the molecule is Cc1ccc(Oc2cc(Br)nc(C)n2)c(Br)c1. The zero-order chi connectivity index (χ0) is 12.4. The van der Waals surface area contributed by atoms with Crippen LogP contribution in [0, 0.1) is 13.8 Å². The Morgan fingerprint density at radius 1 is 1.06 bits per heavy atom. The Labute approximate surface area is 117 Å². The van der Waals surface area contributed by atoms with Crippen LogP contribution in [0.3, 0.4) is 0 Å². The molecule has 5 heteroatoms. The van der Waals surface area contributed by atoms with E-state index in [1.807, 2.05) is 32.0 Å². The lowest BCUT2D eigenvalue weighted by molar-refractivity contribution is 0.456. The molecule has 0 radical (unpaired) electrons. The second-order valence-corrected chi connectivity index (χ2v) is 5.28. The minimum Gasteiger partial charge on any atom is -0.438 e. The second kappa shape index (κ2) is 5.14. The molecular weight excluding hydrogens is 348 g/mol. The summed E-state index contributed by atoms with van der Waals surface area (Å²) in [7, 11) is 0. The van der Waals surface area contributed by atoms with Crippen LogP contribution >= 0.6 is 31.9 Å². The number of aromatic nitrogens is 2. The summed E-state index contributed by atoms with van der Waals surface area (Å²) in [6, 6.07) is 7.63. The lowest BCUT2D eigenvalue weighted by atomic mass is 10.2. The minimum atomic E-state index is 0.522. The van der Waals surface area contributed by atoms with Gasteiger partial charge in [0.05, 0.1) is 4.47 Å². The predicted molar refractivity (Wildman–Crippen MR) is 73.4 cm³/mol. The highest BCUT2D eigenvalue weighted by atomic mass is 79.9. The largest absolute Gasteiger partial charge is 0.438 e. The zero-order valence-electron chi connectivity index (χ0n) is 9.37. The topological polar surface area (TPSA) is 35.0 Å². The first-order valence-electron chi connectivity index (χ1n) is 5.00. The Bertz CT molecular complexity index is 538. The molecule has 1 heterocycles. The normalized spacial score (nSPS) is 10.4. The van der Waals surface area contributed by atoms with E-state index in [9.17, 15) is 0 Å². The standard InChI is InChI=1S/C12H10Br2N2O/c1-7-3-4-10(9(13)5-7)17-12-6-11(14)15-8(2)16-12/h3-6H,1-2H3. The molecule has 1 aromatic carbocycles. The number of halogens is 2. The van der Waals surface area contributed by atoms with Gasteiger partial charge in [0.15, 0.2) is 0 Å². The zero-order valence-corrected chi connectivity index (χ0v) is 12.5. The molecule has 3 nitrogen and oxygen atoms in total. The molecule has 0 saturated carbocycles. The van der Waals surface area contributed by atoms with Gasteiger partial charge in [-0.2, -0.15) is 4.98 Å². The number of benzene rings is 1. The highest BCUT2D eigenvalue weighted by molar-refractivity contribution is 9.10. The molecule has 0 atom stereocenters. The molecule has 0 spiro atoms. The maximum Gasteiger partial charge on any atom is 0.223 e. The Balaban J connectivity index is 2.31. The molecule has 0 N–H and O–H groups in total. The van der Waals surface area contributed by atoms with Gasteiger partial charge in [-0.3, -0.25) is 0 Å². The van der Waals surface area contributed by atoms with Gasteiger partial charge in [-0.15, -0.1) is 0 Å². The number of nitrogens with zero attached hydrogens (tertiary/aromatic N) is 2. The van der Waals surface area contributed by atoms with E-state index in [4.69, 9.17) is 4.74 Å². The lowest BCUT2D eigenvalue weighted by Gasteiger charge is -2.08. The monoisotopic (exact) mass is 356 g/mol. The van der Waals surface area contributed by atoms with Crippen molar-refractivity contribution in [2.24, 2.45) is 0 Å². The Hall–Kier alpha value is -0.940. The summed E-state index contributed by atoms with van der Waals surface area (Å²) >= 11 is 6.78. The Morgan fingerprint density at radius 3 is 2.47 bits per heavy atom. The first-order chi connectivity index (χ1) is 8.04. The van der Waals surface area contributed by atoms with Crippen molar-refractivity contribution >= 4 is 31.9 Å². The third-order valence-corrected chi connectivity index (χ3v) is 3.11. The molecule has 0 amide bonds. The van der Waals surface area contributed by atoms with Crippen LogP contribution in [0.2, 0.25) is 0 Å². The highest BCUT2D eigenvalue weighted by Crippen LogP contribution is 2.30. The van der Waals surface area contributed by atoms with Gasteiger partial charge >= 0.3 is 0 Å². The van der Waals surface area contributed by atoms with Gasteiger partial charge < -0.3 is 4.74 Å². The summed E-state index contributed by atoms with van der Waals surface area (Å²) in [6.45, 7) is 3.85. The fourth-order valence-electron chi connectivity index (χ4n) is 1.36. The van der Waals surface area contributed by atoms with Crippen LogP contribution in [0.4, 0.5) is 0 Å². The maximum atomic E-state index is 5.70. The van der Waals surface area contributed by atoms with Gasteiger partial charge in [0.2, 0.25) is 5.88 Å². The first-order valence-corrected chi connectivity index (χ1v) is 6.58. The maximum absolute atomic E-state index is 5.70. The van der Waals surface area contributed by atoms with E-state index in [1.165, 1.54) is 5.56 Å². The predicted octanol–water partition coefficient (Wildman–Crippen LogP) is 4.41. The molecule has 0 aliphatic heterocycles. The number of aryl methyl sites for hydroxylation is 2. The van der Waals surface area contributed by atoms with Gasteiger partial charge in [-0.25, -0.2) is 4.98 Å². The average Bonchev–Trinajstić information content (AvgIpc) is 2.21. The summed E-state index contributed by atoms with van der Waals surface area (Å²) in [5, 5.41) is 0. The van der Waals surface area contributed by atoms with Crippen LogP contribution in [-0.4, -0.2) is 9.97 Å². The van der Waals surface area contributed by atoms with Crippen LogP contribution < -0.4 is 4.74 Å². The molecule has 17 heavy (non-hydrogen) atoms. The third-order valence-electron chi connectivity index (χ3n) is 2.09. The van der Waals surface area contributed by atoms with E-state index in [1.54, 1.807) is 6.07 Å². The Kier molecular flexibility index (Phi) is 3.79. The van der Waals surface area contributed by atoms with Crippen LogP contribution in [0.5, 0.6) is 11.6 Å². The van der Waals surface area contributed by atoms with Crippen molar-refractivity contribution in [2.45, 2.75) is 13.8 Å². The highest BCUT2D eigenvalue weighted by Gasteiger charge is 2.05. The van der Waals surface area contributed by atoms with Crippen LogP contribution in [-0.2, 0) is 0 Å². The summed E-state index contributed by atoms with van der Waals surface area (Å²) in [6.07, 6.45) is 0. The van der Waals surface area contributed by atoms with Crippen molar-refractivity contribution in [1.82, 2.24) is 9.97 Å². The molecule has 88 valence electrons. The molecule has 2 rings (SSSR count). The molecule has 0 fully saturated rings. The Morgan fingerprint density at radius 2 is 1.82 bits per heavy atom.